The molecule has 0 aromatic rings. The molecule has 0 radical (unpaired) electrons. The first kappa shape index (κ1) is 10.1. The standard InChI is InChI=1S/C9H13N3O3/c1-15-9(3-2-4-9)5-10-8-11-6(13)7(14)12-8/h2-5H2,1H3,(H2,10,11,12,13,14). The minimum absolute atomic E-state index is 0.189. The summed E-state index contributed by atoms with van der Waals surface area (Å²) in [5, 5.41) is 4.69. The van der Waals surface area contributed by atoms with Crippen molar-refractivity contribution in [3.05, 3.63) is 0 Å². The zero-order valence-electron chi connectivity index (χ0n) is 8.50. The van der Waals surface area contributed by atoms with Crippen molar-refractivity contribution >= 4 is 17.8 Å². The van der Waals surface area contributed by atoms with Gasteiger partial charge in [-0.3, -0.25) is 20.2 Å². The monoisotopic (exact) mass is 211 g/mol. The highest BCUT2D eigenvalue weighted by Gasteiger charge is 2.37. The number of carbonyl (C=O) groups excluding carboxylic acids is 2. The van der Waals surface area contributed by atoms with Crippen LogP contribution >= 0.6 is 0 Å². The minimum Gasteiger partial charge on any atom is -0.376 e. The topological polar surface area (TPSA) is 79.8 Å². The maximum absolute atomic E-state index is 10.8. The van der Waals surface area contributed by atoms with Crippen LogP contribution in [0.15, 0.2) is 4.99 Å². The van der Waals surface area contributed by atoms with Crippen molar-refractivity contribution in [1.82, 2.24) is 10.6 Å². The second-order valence-corrected chi connectivity index (χ2v) is 3.81. The molecule has 15 heavy (non-hydrogen) atoms. The van der Waals surface area contributed by atoms with Gasteiger partial charge in [-0.1, -0.05) is 0 Å². The number of nitrogens with zero attached hydrogens (tertiary/aromatic N) is 1. The Balaban J connectivity index is 1.94. The molecule has 2 aliphatic rings. The lowest BCUT2D eigenvalue weighted by atomic mass is 9.80. The van der Waals surface area contributed by atoms with Gasteiger partial charge in [-0.05, 0) is 19.3 Å². The van der Waals surface area contributed by atoms with Crippen LogP contribution in [0.1, 0.15) is 19.3 Å². The van der Waals surface area contributed by atoms with Gasteiger partial charge in [-0.2, -0.15) is 0 Å². The zero-order chi connectivity index (χ0) is 10.9. The molecule has 2 amide bonds. The molecule has 2 fully saturated rings. The number of methoxy groups -OCH3 is 1. The highest BCUT2D eigenvalue weighted by molar-refractivity contribution is 6.45. The number of hydrogen-bond donors (Lipinski definition) is 2. The second kappa shape index (κ2) is 3.62. The molecule has 0 aromatic carbocycles. The fourth-order valence-corrected chi connectivity index (χ4v) is 1.66. The Hall–Kier alpha value is -1.43. The summed E-state index contributed by atoms with van der Waals surface area (Å²) >= 11 is 0. The van der Waals surface area contributed by atoms with Crippen molar-refractivity contribution in [3.8, 4) is 0 Å². The highest BCUT2D eigenvalue weighted by Crippen LogP contribution is 2.35. The molecule has 0 aromatic heterocycles. The lowest BCUT2D eigenvalue weighted by molar-refractivity contribution is -0.135. The predicted molar refractivity (Wildman–Crippen MR) is 52.2 cm³/mol. The molecule has 0 spiro atoms. The van der Waals surface area contributed by atoms with Crippen LogP contribution < -0.4 is 10.6 Å². The molecule has 1 saturated carbocycles. The average molecular weight is 211 g/mol. The quantitative estimate of drug-likeness (QED) is 0.597. The number of hydrogen-bond acceptors (Lipinski definition) is 4. The summed E-state index contributed by atoms with van der Waals surface area (Å²) < 4.78 is 5.35. The SMILES string of the molecule is COC1(CN=C2NC(=O)C(=O)N2)CCC1. The number of guanidine groups is 1. The van der Waals surface area contributed by atoms with Crippen LogP contribution in [-0.4, -0.2) is 37.0 Å². The molecule has 1 aliphatic carbocycles. The summed E-state index contributed by atoms with van der Waals surface area (Å²) in [6, 6.07) is 0. The normalized spacial score (nSPS) is 23.1. The lowest BCUT2D eigenvalue weighted by Crippen LogP contribution is -2.43. The molecule has 0 atom stereocenters. The van der Waals surface area contributed by atoms with Gasteiger partial charge in [0.1, 0.15) is 0 Å². The van der Waals surface area contributed by atoms with E-state index in [0.29, 0.717) is 6.54 Å². The van der Waals surface area contributed by atoms with Crippen LogP contribution in [0.3, 0.4) is 0 Å². The highest BCUT2D eigenvalue weighted by atomic mass is 16.5. The Morgan fingerprint density at radius 1 is 1.33 bits per heavy atom. The Bertz CT molecular complexity index is 310. The summed E-state index contributed by atoms with van der Waals surface area (Å²) in [5.74, 6) is -1.09. The van der Waals surface area contributed by atoms with E-state index in [1.54, 1.807) is 7.11 Å². The number of ether oxygens (including phenoxy) is 1. The van der Waals surface area contributed by atoms with Gasteiger partial charge < -0.3 is 4.74 Å². The summed E-state index contributed by atoms with van der Waals surface area (Å²) in [5.41, 5.74) is -0.189. The first-order valence-electron chi connectivity index (χ1n) is 4.87. The molecule has 1 saturated heterocycles. The molecule has 0 bridgehead atoms. The number of rotatable bonds is 3. The van der Waals surface area contributed by atoms with Crippen molar-refractivity contribution in [1.29, 1.82) is 0 Å². The Labute approximate surface area is 87.1 Å². The van der Waals surface area contributed by atoms with Crippen molar-refractivity contribution in [2.45, 2.75) is 24.9 Å². The fraction of sp³-hybridized carbons (Fsp3) is 0.667. The molecular weight excluding hydrogens is 198 g/mol. The van der Waals surface area contributed by atoms with Gasteiger partial charge in [0.25, 0.3) is 0 Å². The smallest absolute Gasteiger partial charge is 0.316 e. The summed E-state index contributed by atoms with van der Waals surface area (Å²) in [4.78, 5) is 25.8. The fourth-order valence-electron chi connectivity index (χ4n) is 1.66. The molecule has 2 N–H and O–H groups in total. The first-order chi connectivity index (χ1) is 7.15. The summed E-state index contributed by atoms with van der Waals surface area (Å²) in [6.45, 7) is 0.472. The van der Waals surface area contributed by atoms with Gasteiger partial charge in [0, 0.05) is 7.11 Å². The maximum atomic E-state index is 10.8. The van der Waals surface area contributed by atoms with Crippen LogP contribution in [0, 0.1) is 0 Å². The largest absolute Gasteiger partial charge is 0.376 e. The maximum Gasteiger partial charge on any atom is 0.316 e. The van der Waals surface area contributed by atoms with Crippen LogP contribution in [0.2, 0.25) is 0 Å². The van der Waals surface area contributed by atoms with Crippen molar-refractivity contribution in [2.75, 3.05) is 13.7 Å². The minimum atomic E-state index is -0.658. The van der Waals surface area contributed by atoms with Crippen LogP contribution in [-0.2, 0) is 14.3 Å². The van der Waals surface area contributed by atoms with Gasteiger partial charge in [-0.25, -0.2) is 4.99 Å². The number of carbonyl (C=O) groups is 2. The van der Waals surface area contributed by atoms with E-state index in [1.807, 2.05) is 0 Å². The molecular formula is C9H13N3O3. The van der Waals surface area contributed by atoms with Crippen molar-refractivity contribution in [2.24, 2.45) is 4.99 Å². The predicted octanol–water partition coefficient (Wildman–Crippen LogP) is -0.842. The van der Waals surface area contributed by atoms with E-state index in [1.165, 1.54) is 0 Å². The molecule has 0 unspecified atom stereocenters. The average Bonchev–Trinajstić information content (AvgIpc) is 2.45. The third-order valence-corrected chi connectivity index (χ3v) is 2.89. The van der Waals surface area contributed by atoms with Crippen molar-refractivity contribution in [3.63, 3.8) is 0 Å². The number of nitrogens with one attached hydrogen (secondary N) is 2. The molecule has 82 valence electrons. The number of amides is 2. The van der Waals surface area contributed by atoms with E-state index >= 15 is 0 Å². The Morgan fingerprint density at radius 3 is 2.33 bits per heavy atom. The third kappa shape index (κ3) is 1.85. The Kier molecular flexibility index (Phi) is 2.44. The summed E-state index contributed by atoms with van der Waals surface area (Å²) in [7, 11) is 1.66. The second-order valence-electron chi connectivity index (χ2n) is 3.81. The van der Waals surface area contributed by atoms with Gasteiger partial charge in [-0.15, -0.1) is 0 Å². The van der Waals surface area contributed by atoms with E-state index in [4.69, 9.17) is 4.74 Å². The molecule has 6 nitrogen and oxygen atoms in total. The van der Waals surface area contributed by atoms with Gasteiger partial charge in [0.2, 0.25) is 5.96 Å². The summed E-state index contributed by atoms with van der Waals surface area (Å²) in [6.07, 6.45) is 3.09. The van der Waals surface area contributed by atoms with Gasteiger partial charge in [0.15, 0.2) is 0 Å². The Morgan fingerprint density at radius 2 is 1.93 bits per heavy atom. The first-order valence-corrected chi connectivity index (χ1v) is 4.87. The lowest BCUT2D eigenvalue weighted by Gasteiger charge is -2.39. The van der Waals surface area contributed by atoms with Crippen molar-refractivity contribution < 1.29 is 14.3 Å². The molecule has 1 heterocycles. The number of aliphatic imine (C=N–C) groups is 1. The van der Waals surface area contributed by atoms with E-state index in [0.717, 1.165) is 19.3 Å². The van der Waals surface area contributed by atoms with E-state index in [2.05, 4.69) is 15.6 Å². The molecule has 2 rings (SSSR count). The van der Waals surface area contributed by atoms with E-state index in [9.17, 15) is 9.59 Å². The molecule has 6 heteroatoms. The van der Waals surface area contributed by atoms with E-state index < -0.39 is 11.8 Å². The van der Waals surface area contributed by atoms with Gasteiger partial charge in [0.05, 0.1) is 12.1 Å². The third-order valence-electron chi connectivity index (χ3n) is 2.89. The van der Waals surface area contributed by atoms with Gasteiger partial charge >= 0.3 is 11.8 Å². The van der Waals surface area contributed by atoms with Crippen LogP contribution in [0.5, 0.6) is 0 Å². The molecule has 1 aliphatic heterocycles. The van der Waals surface area contributed by atoms with E-state index in [-0.39, 0.29) is 11.6 Å². The zero-order valence-corrected chi connectivity index (χ0v) is 8.50. The van der Waals surface area contributed by atoms with Crippen LogP contribution in [0.25, 0.3) is 0 Å². The van der Waals surface area contributed by atoms with Crippen LogP contribution in [0.4, 0.5) is 0 Å².